The lowest BCUT2D eigenvalue weighted by Gasteiger charge is -2.35. The maximum Gasteiger partial charge on any atom is 0.0900 e. The highest BCUT2D eigenvalue weighted by molar-refractivity contribution is 4.87. The van der Waals surface area contributed by atoms with Gasteiger partial charge in [-0.15, -0.1) is 0 Å². The Morgan fingerprint density at radius 1 is 1.17 bits per heavy atom. The summed E-state index contributed by atoms with van der Waals surface area (Å²) in [7, 11) is 1.65. The van der Waals surface area contributed by atoms with E-state index in [1.807, 2.05) is 0 Å². The van der Waals surface area contributed by atoms with Crippen molar-refractivity contribution in [1.29, 1.82) is 0 Å². The van der Waals surface area contributed by atoms with E-state index < -0.39 is 0 Å². The zero-order valence-electron chi connectivity index (χ0n) is 11.4. The van der Waals surface area contributed by atoms with Gasteiger partial charge in [0.25, 0.3) is 0 Å². The minimum absolute atomic E-state index is 0.380. The molecule has 2 rings (SSSR count). The van der Waals surface area contributed by atoms with Gasteiger partial charge >= 0.3 is 0 Å². The summed E-state index contributed by atoms with van der Waals surface area (Å²) in [6.07, 6.45) is 2.39. The maximum atomic E-state index is 9.87. The first-order valence-electron chi connectivity index (χ1n) is 7.00. The molecule has 18 heavy (non-hydrogen) atoms. The van der Waals surface area contributed by atoms with E-state index in [1.165, 1.54) is 12.8 Å². The Labute approximate surface area is 110 Å². The van der Waals surface area contributed by atoms with Crippen molar-refractivity contribution in [3.05, 3.63) is 0 Å². The first-order valence-corrected chi connectivity index (χ1v) is 7.00. The highest BCUT2D eigenvalue weighted by Gasteiger charge is 2.31. The largest absolute Gasteiger partial charge is 0.389 e. The van der Waals surface area contributed by atoms with Crippen LogP contribution in [0.4, 0.5) is 0 Å². The molecule has 0 aromatic rings. The van der Waals surface area contributed by atoms with Crippen LogP contribution >= 0.6 is 0 Å². The Kier molecular flexibility index (Phi) is 5.85. The Bertz CT molecular complexity index is 228. The highest BCUT2D eigenvalue weighted by atomic mass is 16.5. The lowest BCUT2D eigenvalue weighted by atomic mass is 10.2. The highest BCUT2D eigenvalue weighted by Crippen LogP contribution is 2.27. The quantitative estimate of drug-likeness (QED) is 0.610. The number of nitrogens with zero attached hydrogens (tertiary/aromatic N) is 2. The van der Waals surface area contributed by atoms with Crippen LogP contribution in [0.25, 0.3) is 0 Å². The molecule has 2 fully saturated rings. The van der Waals surface area contributed by atoms with E-state index in [9.17, 15) is 5.11 Å². The first kappa shape index (κ1) is 14.2. The van der Waals surface area contributed by atoms with E-state index in [-0.39, 0.29) is 6.10 Å². The van der Waals surface area contributed by atoms with Crippen LogP contribution in [0.1, 0.15) is 12.8 Å². The monoisotopic (exact) mass is 258 g/mol. The lowest BCUT2D eigenvalue weighted by molar-refractivity contribution is -0.00727. The maximum absolute atomic E-state index is 9.87. The summed E-state index contributed by atoms with van der Waals surface area (Å²) < 4.78 is 10.2. The molecule has 1 aliphatic carbocycles. The summed E-state index contributed by atoms with van der Waals surface area (Å²) in [5.41, 5.74) is 0. The Morgan fingerprint density at radius 2 is 1.89 bits per heavy atom. The van der Waals surface area contributed by atoms with E-state index in [0.717, 1.165) is 38.8 Å². The van der Waals surface area contributed by atoms with Gasteiger partial charge in [-0.25, -0.2) is 0 Å². The van der Waals surface area contributed by atoms with Crippen LogP contribution in [-0.4, -0.2) is 86.7 Å². The summed E-state index contributed by atoms with van der Waals surface area (Å²) in [5, 5.41) is 9.87. The normalized spacial score (nSPS) is 24.3. The number of hydrogen-bond acceptors (Lipinski definition) is 5. The number of piperazine rings is 1. The number of aliphatic hydroxyl groups is 1. The molecule has 5 nitrogen and oxygen atoms in total. The molecule has 1 saturated carbocycles. The first-order chi connectivity index (χ1) is 8.79. The Hall–Kier alpha value is -0.200. The van der Waals surface area contributed by atoms with Gasteiger partial charge in [0.15, 0.2) is 0 Å². The van der Waals surface area contributed by atoms with Crippen molar-refractivity contribution < 1.29 is 14.6 Å². The van der Waals surface area contributed by atoms with Gasteiger partial charge in [0.05, 0.1) is 25.9 Å². The molecule has 0 bridgehead atoms. The van der Waals surface area contributed by atoms with Crippen molar-refractivity contribution in [2.24, 2.45) is 0 Å². The standard InChI is InChI=1S/C13H26N2O3/c1-17-8-9-18-11-13(16)10-14-4-6-15(7-5-14)12-2-3-12/h12-13,16H,2-11H2,1H3. The number of methoxy groups -OCH3 is 1. The molecule has 0 spiro atoms. The van der Waals surface area contributed by atoms with E-state index >= 15 is 0 Å². The molecule has 1 heterocycles. The molecule has 1 unspecified atom stereocenters. The van der Waals surface area contributed by atoms with Crippen LogP contribution in [0.3, 0.4) is 0 Å². The number of β-amino-alcohol motifs (C(OH)–C–C–N with tert-alkyl or cyclic N) is 1. The van der Waals surface area contributed by atoms with Crippen LogP contribution in [0, 0.1) is 0 Å². The second-order valence-electron chi connectivity index (χ2n) is 5.29. The van der Waals surface area contributed by atoms with Gasteiger partial charge < -0.3 is 14.6 Å². The predicted molar refractivity (Wildman–Crippen MR) is 69.7 cm³/mol. The molecule has 0 aromatic carbocycles. The van der Waals surface area contributed by atoms with Crippen molar-refractivity contribution in [2.45, 2.75) is 25.0 Å². The smallest absolute Gasteiger partial charge is 0.0900 e. The fourth-order valence-electron chi connectivity index (χ4n) is 2.46. The van der Waals surface area contributed by atoms with E-state index in [2.05, 4.69) is 9.80 Å². The summed E-state index contributed by atoms with van der Waals surface area (Å²) in [4.78, 5) is 4.92. The van der Waals surface area contributed by atoms with Crippen molar-refractivity contribution in [3.8, 4) is 0 Å². The van der Waals surface area contributed by atoms with Gasteiger partial charge in [-0.1, -0.05) is 0 Å². The van der Waals surface area contributed by atoms with Gasteiger partial charge in [0.1, 0.15) is 0 Å². The SMILES string of the molecule is COCCOCC(O)CN1CCN(C2CC2)CC1. The van der Waals surface area contributed by atoms with Crippen LogP contribution in [0.2, 0.25) is 0 Å². The minimum atomic E-state index is -0.380. The van der Waals surface area contributed by atoms with E-state index in [4.69, 9.17) is 9.47 Å². The fraction of sp³-hybridized carbons (Fsp3) is 1.00. The molecular weight excluding hydrogens is 232 g/mol. The van der Waals surface area contributed by atoms with Crippen LogP contribution in [0.5, 0.6) is 0 Å². The second kappa shape index (κ2) is 7.40. The van der Waals surface area contributed by atoms with Crippen molar-refractivity contribution in [3.63, 3.8) is 0 Å². The molecule has 1 atom stereocenters. The Balaban J connectivity index is 1.53. The van der Waals surface area contributed by atoms with Crippen molar-refractivity contribution >= 4 is 0 Å². The van der Waals surface area contributed by atoms with Crippen LogP contribution < -0.4 is 0 Å². The average Bonchev–Trinajstić information content (AvgIpc) is 3.20. The fourth-order valence-corrected chi connectivity index (χ4v) is 2.46. The summed E-state index contributed by atoms with van der Waals surface area (Å²) >= 11 is 0. The van der Waals surface area contributed by atoms with Gasteiger partial charge in [-0.2, -0.15) is 0 Å². The molecule has 0 radical (unpaired) electrons. The molecule has 0 aromatic heterocycles. The zero-order valence-corrected chi connectivity index (χ0v) is 11.4. The minimum Gasteiger partial charge on any atom is -0.389 e. The Morgan fingerprint density at radius 3 is 2.50 bits per heavy atom. The zero-order chi connectivity index (χ0) is 12.8. The molecule has 5 heteroatoms. The average molecular weight is 258 g/mol. The summed E-state index contributed by atoms with van der Waals surface area (Å²) in [6.45, 7) is 6.74. The summed E-state index contributed by atoms with van der Waals surface area (Å²) in [6, 6.07) is 0.870. The second-order valence-corrected chi connectivity index (χ2v) is 5.29. The molecule has 1 saturated heterocycles. The van der Waals surface area contributed by atoms with Crippen LogP contribution in [0.15, 0.2) is 0 Å². The molecule has 2 aliphatic rings. The van der Waals surface area contributed by atoms with E-state index in [1.54, 1.807) is 7.11 Å². The number of hydrogen-bond donors (Lipinski definition) is 1. The molecule has 106 valence electrons. The van der Waals surface area contributed by atoms with Crippen LogP contribution in [-0.2, 0) is 9.47 Å². The van der Waals surface area contributed by atoms with Gasteiger partial charge in [-0.3, -0.25) is 9.80 Å². The number of rotatable bonds is 8. The third kappa shape index (κ3) is 4.82. The third-order valence-corrected chi connectivity index (χ3v) is 3.68. The predicted octanol–water partition coefficient (Wildman–Crippen LogP) is -0.210. The lowest BCUT2D eigenvalue weighted by Crippen LogP contribution is -2.49. The third-order valence-electron chi connectivity index (χ3n) is 3.68. The topological polar surface area (TPSA) is 45.2 Å². The van der Waals surface area contributed by atoms with E-state index in [0.29, 0.717) is 19.8 Å². The molecule has 1 N–H and O–H groups in total. The van der Waals surface area contributed by atoms with Gasteiger partial charge in [0, 0.05) is 45.9 Å². The van der Waals surface area contributed by atoms with Gasteiger partial charge in [0.2, 0.25) is 0 Å². The van der Waals surface area contributed by atoms with Crippen molar-refractivity contribution in [1.82, 2.24) is 9.80 Å². The van der Waals surface area contributed by atoms with Gasteiger partial charge in [-0.05, 0) is 12.8 Å². The molecule has 0 amide bonds. The summed E-state index contributed by atoms with van der Waals surface area (Å²) in [5.74, 6) is 0. The number of aliphatic hydroxyl groups excluding tert-OH is 1. The molecule has 1 aliphatic heterocycles. The van der Waals surface area contributed by atoms with Crippen molar-refractivity contribution in [2.75, 3.05) is 59.7 Å². The molecular formula is C13H26N2O3. The number of ether oxygens (including phenoxy) is 2.